The number of hydrogen-bond acceptors (Lipinski definition) is 6. The molecule has 0 bridgehead atoms. The Bertz CT molecular complexity index is 1080. The van der Waals surface area contributed by atoms with Crippen molar-refractivity contribution in [3.63, 3.8) is 0 Å². The maximum absolute atomic E-state index is 4.77. The minimum absolute atomic E-state index is 0.287. The maximum atomic E-state index is 4.77. The van der Waals surface area contributed by atoms with Gasteiger partial charge in [0.1, 0.15) is 11.0 Å². The predicted molar refractivity (Wildman–Crippen MR) is 113 cm³/mol. The monoisotopic (exact) mass is 385 g/mol. The van der Waals surface area contributed by atoms with Crippen molar-refractivity contribution in [3.05, 3.63) is 83.9 Å². The Kier molecular flexibility index (Phi) is 5.04. The summed E-state index contributed by atoms with van der Waals surface area (Å²) in [5.41, 5.74) is 13.3. The van der Waals surface area contributed by atoms with Crippen LogP contribution in [0.15, 0.2) is 77.4 Å². The van der Waals surface area contributed by atoms with Gasteiger partial charge >= 0.3 is 0 Å². The first kappa shape index (κ1) is 18.0. The van der Waals surface area contributed by atoms with Crippen molar-refractivity contribution in [1.29, 1.82) is 0 Å². The van der Waals surface area contributed by atoms with E-state index in [1.165, 1.54) is 22.3 Å². The Morgan fingerprint density at radius 1 is 0.897 bits per heavy atom. The number of hydrazine groups is 1. The smallest absolute Gasteiger partial charge is 0.135 e. The highest BCUT2D eigenvalue weighted by molar-refractivity contribution is 5.73. The van der Waals surface area contributed by atoms with Gasteiger partial charge < -0.3 is 5.32 Å². The van der Waals surface area contributed by atoms with Gasteiger partial charge in [0.05, 0.1) is 6.04 Å². The van der Waals surface area contributed by atoms with Gasteiger partial charge in [-0.25, -0.2) is 10.1 Å². The van der Waals surface area contributed by atoms with Gasteiger partial charge in [-0.3, -0.25) is 5.43 Å². The van der Waals surface area contributed by atoms with Crippen LogP contribution in [0.5, 0.6) is 0 Å². The summed E-state index contributed by atoms with van der Waals surface area (Å²) in [5.74, 6) is 0.468. The summed E-state index contributed by atoms with van der Waals surface area (Å²) in [6.07, 6.45) is 0. The van der Waals surface area contributed by atoms with Crippen molar-refractivity contribution >= 4 is 11.0 Å². The highest BCUT2D eigenvalue weighted by Gasteiger charge is 2.27. The number of nitrogens with one attached hydrogen (secondary N) is 3. The molecule has 6 heteroatoms. The molecule has 2 heterocycles. The largest absolute Gasteiger partial charge is 0.312 e. The summed E-state index contributed by atoms with van der Waals surface area (Å²) in [4.78, 5) is 0. The van der Waals surface area contributed by atoms with Crippen LogP contribution < -0.4 is 16.2 Å². The van der Waals surface area contributed by atoms with Crippen molar-refractivity contribution in [2.45, 2.75) is 12.6 Å². The molecule has 146 valence electrons. The second kappa shape index (κ2) is 8.13. The Morgan fingerprint density at radius 3 is 2.55 bits per heavy atom. The van der Waals surface area contributed by atoms with Gasteiger partial charge in [0.2, 0.25) is 0 Å². The summed E-state index contributed by atoms with van der Waals surface area (Å²) in [6, 6.07) is 25.7. The van der Waals surface area contributed by atoms with E-state index in [9.17, 15) is 0 Å². The lowest BCUT2D eigenvalue weighted by Crippen LogP contribution is -2.28. The van der Waals surface area contributed by atoms with Crippen LogP contribution in [-0.4, -0.2) is 23.4 Å². The molecular formula is C23H23N5O. The third-order valence-electron chi connectivity index (χ3n) is 5.52. The lowest BCUT2D eigenvalue weighted by Gasteiger charge is -2.20. The molecule has 2 unspecified atom stereocenters. The van der Waals surface area contributed by atoms with E-state index < -0.39 is 0 Å². The highest BCUT2D eigenvalue weighted by Crippen LogP contribution is 2.27. The van der Waals surface area contributed by atoms with Crippen molar-refractivity contribution < 1.29 is 4.63 Å². The summed E-state index contributed by atoms with van der Waals surface area (Å²) >= 11 is 0. The van der Waals surface area contributed by atoms with Crippen LogP contribution in [0.1, 0.15) is 17.2 Å². The highest BCUT2D eigenvalue weighted by atomic mass is 16.6. The molecule has 1 saturated heterocycles. The molecule has 3 aromatic carbocycles. The molecule has 1 aromatic heterocycles. The van der Waals surface area contributed by atoms with Crippen LogP contribution in [0.3, 0.4) is 0 Å². The fourth-order valence-corrected chi connectivity index (χ4v) is 3.93. The van der Waals surface area contributed by atoms with E-state index in [0.717, 1.165) is 30.7 Å². The van der Waals surface area contributed by atoms with Crippen LogP contribution >= 0.6 is 0 Å². The standard InChI is InChI=1S/C23H23N5O/c1-2-4-17(5-3-1)18-7-9-19(10-8-18)23-20(15-25-26-23)14-24-13-16-6-11-21-22(12-16)28-29-27-21/h1-12,20,23-26H,13-15H2. The third kappa shape index (κ3) is 3.91. The minimum atomic E-state index is 0.287. The Morgan fingerprint density at radius 2 is 1.69 bits per heavy atom. The molecule has 3 N–H and O–H groups in total. The molecule has 1 aliphatic rings. The van der Waals surface area contributed by atoms with E-state index in [1.807, 2.05) is 18.2 Å². The number of nitrogens with zero attached hydrogens (tertiary/aromatic N) is 2. The van der Waals surface area contributed by atoms with Crippen LogP contribution in [0.2, 0.25) is 0 Å². The van der Waals surface area contributed by atoms with E-state index >= 15 is 0 Å². The topological polar surface area (TPSA) is 75.0 Å². The van der Waals surface area contributed by atoms with Gasteiger partial charge in [-0.05, 0) is 44.7 Å². The molecule has 5 rings (SSSR count). The molecule has 29 heavy (non-hydrogen) atoms. The average Bonchev–Trinajstić information content (AvgIpc) is 3.44. The van der Waals surface area contributed by atoms with Crippen LogP contribution in [0.4, 0.5) is 0 Å². The van der Waals surface area contributed by atoms with Gasteiger partial charge in [0, 0.05) is 25.6 Å². The summed E-state index contributed by atoms with van der Waals surface area (Å²) in [6.45, 7) is 2.64. The van der Waals surface area contributed by atoms with E-state index in [0.29, 0.717) is 5.92 Å². The maximum Gasteiger partial charge on any atom is 0.135 e. The average molecular weight is 385 g/mol. The molecule has 0 saturated carbocycles. The molecule has 0 spiro atoms. The number of fused-ring (bicyclic) bond motifs is 1. The first-order valence-corrected chi connectivity index (χ1v) is 9.92. The normalized spacial score (nSPS) is 19.0. The van der Waals surface area contributed by atoms with Crippen LogP contribution in [0.25, 0.3) is 22.2 Å². The van der Waals surface area contributed by atoms with Gasteiger partial charge in [-0.2, -0.15) is 0 Å². The van der Waals surface area contributed by atoms with Crippen LogP contribution in [0, 0.1) is 5.92 Å². The van der Waals surface area contributed by atoms with Gasteiger partial charge in [-0.1, -0.05) is 60.7 Å². The zero-order valence-electron chi connectivity index (χ0n) is 16.0. The number of aromatic nitrogens is 2. The molecule has 0 radical (unpaired) electrons. The molecule has 1 fully saturated rings. The summed E-state index contributed by atoms with van der Waals surface area (Å²) in [7, 11) is 0. The first-order chi connectivity index (χ1) is 14.4. The summed E-state index contributed by atoms with van der Waals surface area (Å²) in [5, 5.41) is 11.3. The number of benzene rings is 3. The first-order valence-electron chi connectivity index (χ1n) is 9.92. The molecule has 4 aromatic rings. The van der Waals surface area contributed by atoms with Gasteiger partial charge in [0.25, 0.3) is 0 Å². The fourth-order valence-electron chi connectivity index (χ4n) is 3.93. The molecular weight excluding hydrogens is 362 g/mol. The quantitative estimate of drug-likeness (QED) is 0.472. The number of rotatable bonds is 6. The van der Waals surface area contributed by atoms with Gasteiger partial charge in [-0.15, -0.1) is 0 Å². The second-order valence-electron chi connectivity index (χ2n) is 7.47. The molecule has 0 aliphatic carbocycles. The minimum Gasteiger partial charge on any atom is -0.312 e. The second-order valence-corrected chi connectivity index (χ2v) is 7.47. The van der Waals surface area contributed by atoms with E-state index in [4.69, 9.17) is 4.63 Å². The Hall–Kier alpha value is -3.06. The molecule has 1 aliphatic heterocycles. The Labute approximate surface area is 169 Å². The third-order valence-corrected chi connectivity index (χ3v) is 5.52. The number of hydrogen-bond donors (Lipinski definition) is 3. The van der Waals surface area contributed by atoms with Crippen LogP contribution in [-0.2, 0) is 6.54 Å². The van der Waals surface area contributed by atoms with E-state index in [1.54, 1.807) is 0 Å². The fraction of sp³-hybridized carbons (Fsp3) is 0.217. The Balaban J connectivity index is 1.22. The van der Waals surface area contributed by atoms with Crippen molar-refractivity contribution in [1.82, 2.24) is 26.5 Å². The van der Waals surface area contributed by atoms with E-state index in [2.05, 4.69) is 81.1 Å². The predicted octanol–water partition coefficient (Wildman–Crippen LogP) is 3.44. The lowest BCUT2D eigenvalue weighted by atomic mass is 9.93. The van der Waals surface area contributed by atoms with Crippen molar-refractivity contribution in [3.8, 4) is 11.1 Å². The van der Waals surface area contributed by atoms with E-state index in [-0.39, 0.29) is 6.04 Å². The van der Waals surface area contributed by atoms with Crippen molar-refractivity contribution in [2.24, 2.45) is 5.92 Å². The molecule has 0 amide bonds. The summed E-state index contributed by atoms with van der Waals surface area (Å²) < 4.78 is 4.77. The van der Waals surface area contributed by atoms with Gasteiger partial charge in [0.15, 0.2) is 0 Å². The lowest BCUT2D eigenvalue weighted by molar-refractivity contribution is 0.315. The zero-order chi connectivity index (χ0) is 19.5. The molecule has 6 nitrogen and oxygen atoms in total. The molecule has 2 atom stereocenters. The van der Waals surface area contributed by atoms with Crippen molar-refractivity contribution in [2.75, 3.05) is 13.1 Å². The zero-order valence-corrected chi connectivity index (χ0v) is 16.0. The SMILES string of the molecule is c1ccc(-c2ccc(C3NNCC3CNCc3ccc4nonc4c3)cc2)cc1.